The Balaban J connectivity index is 2.85. The standard InChI is InChI=1S/C6H7O2S/c1-7-5-3-4-9-6(5)8-2/h3H,1-2H3. The molecule has 1 radical (unpaired) electrons. The predicted octanol–water partition coefficient (Wildman–Crippen LogP) is 1.57. The van der Waals surface area contributed by atoms with E-state index in [1.54, 1.807) is 20.3 Å². The van der Waals surface area contributed by atoms with Gasteiger partial charge in [-0.1, -0.05) is 11.3 Å². The summed E-state index contributed by atoms with van der Waals surface area (Å²) in [5.41, 5.74) is 0. The van der Waals surface area contributed by atoms with Gasteiger partial charge in [-0.3, -0.25) is 0 Å². The van der Waals surface area contributed by atoms with E-state index in [4.69, 9.17) is 9.47 Å². The molecule has 0 unspecified atom stereocenters. The first kappa shape index (κ1) is 6.42. The molecule has 0 atom stereocenters. The van der Waals surface area contributed by atoms with Crippen LogP contribution in [0.5, 0.6) is 10.8 Å². The lowest BCUT2D eigenvalue weighted by atomic mass is 10.6. The largest absolute Gasteiger partial charge is 0.492 e. The van der Waals surface area contributed by atoms with Crippen LogP contribution >= 0.6 is 11.3 Å². The highest BCUT2D eigenvalue weighted by Crippen LogP contribution is 2.31. The van der Waals surface area contributed by atoms with Crippen molar-refractivity contribution in [2.24, 2.45) is 0 Å². The van der Waals surface area contributed by atoms with Crippen molar-refractivity contribution in [2.75, 3.05) is 14.2 Å². The molecule has 0 aromatic carbocycles. The molecule has 0 aliphatic carbocycles. The maximum atomic E-state index is 4.94. The number of hydrogen-bond donors (Lipinski definition) is 0. The van der Waals surface area contributed by atoms with Crippen LogP contribution in [-0.4, -0.2) is 14.2 Å². The predicted molar refractivity (Wildman–Crippen MR) is 36.3 cm³/mol. The Kier molecular flexibility index (Phi) is 1.95. The molecule has 1 heterocycles. The van der Waals surface area contributed by atoms with Gasteiger partial charge in [-0.25, -0.2) is 0 Å². The third kappa shape index (κ3) is 1.16. The molecule has 0 spiro atoms. The average molecular weight is 143 g/mol. The Morgan fingerprint density at radius 3 is 2.67 bits per heavy atom. The molecule has 1 aromatic rings. The lowest BCUT2D eigenvalue weighted by molar-refractivity contribution is 0.364. The summed E-state index contributed by atoms with van der Waals surface area (Å²) < 4.78 is 9.87. The molecule has 0 amide bonds. The number of thiophene rings is 1. The Bertz CT molecular complexity index is 164. The Labute approximate surface area is 58.0 Å². The first-order valence-corrected chi connectivity index (χ1v) is 3.28. The van der Waals surface area contributed by atoms with Crippen molar-refractivity contribution in [3.05, 3.63) is 11.4 Å². The monoisotopic (exact) mass is 143 g/mol. The van der Waals surface area contributed by atoms with Crippen LogP contribution in [0.15, 0.2) is 6.07 Å². The summed E-state index contributed by atoms with van der Waals surface area (Å²) in [7, 11) is 3.22. The summed E-state index contributed by atoms with van der Waals surface area (Å²) in [6, 6.07) is 1.75. The fraction of sp³-hybridized carbons (Fsp3) is 0.333. The number of ether oxygens (including phenoxy) is 2. The molecule has 0 aliphatic heterocycles. The van der Waals surface area contributed by atoms with E-state index < -0.39 is 0 Å². The molecule has 2 nitrogen and oxygen atoms in total. The van der Waals surface area contributed by atoms with Crippen molar-refractivity contribution < 1.29 is 9.47 Å². The molecule has 0 N–H and O–H groups in total. The van der Waals surface area contributed by atoms with Gasteiger partial charge < -0.3 is 9.47 Å². The minimum Gasteiger partial charge on any atom is -0.492 e. The zero-order valence-electron chi connectivity index (χ0n) is 5.30. The third-order valence-electron chi connectivity index (χ3n) is 0.948. The van der Waals surface area contributed by atoms with Gasteiger partial charge in [0, 0.05) is 6.07 Å². The van der Waals surface area contributed by atoms with Gasteiger partial charge in [-0.2, -0.15) is 0 Å². The van der Waals surface area contributed by atoms with Crippen molar-refractivity contribution in [3.8, 4) is 10.8 Å². The summed E-state index contributed by atoms with van der Waals surface area (Å²) in [5.74, 6) is 0.752. The zero-order valence-corrected chi connectivity index (χ0v) is 6.12. The van der Waals surface area contributed by atoms with E-state index >= 15 is 0 Å². The fourth-order valence-electron chi connectivity index (χ4n) is 0.530. The Morgan fingerprint density at radius 2 is 2.22 bits per heavy atom. The molecule has 1 rings (SSSR count). The van der Waals surface area contributed by atoms with Crippen molar-refractivity contribution in [1.82, 2.24) is 0 Å². The topological polar surface area (TPSA) is 18.5 Å². The minimum absolute atomic E-state index is 0.752. The second-order valence-electron chi connectivity index (χ2n) is 1.42. The minimum atomic E-state index is 0.752. The molecule has 3 heteroatoms. The Morgan fingerprint density at radius 1 is 1.44 bits per heavy atom. The highest BCUT2D eigenvalue weighted by molar-refractivity contribution is 7.11. The van der Waals surface area contributed by atoms with Crippen LogP contribution in [0.3, 0.4) is 0 Å². The van der Waals surface area contributed by atoms with Crippen LogP contribution in [0, 0.1) is 5.38 Å². The number of methoxy groups -OCH3 is 2. The van der Waals surface area contributed by atoms with Gasteiger partial charge in [0.25, 0.3) is 0 Å². The molecule has 0 saturated heterocycles. The highest BCUT2D eigenvalue weighted by atomic mass is 32.1. The molecule has 1 aromatic heterocycles. The molecule has 0 fully saturated rings. The van der Waals surface area contributed by atoms with E-state index in [0.29, 0.717) is 0 Å². The maximum Gasteiger partial charge on any atom is 0.217 e. The smallest absolute Gasteiger partial charge is 0.217 e. The SMILES string of the molecule is COc1c[c]sc1OC. The van der Waals surface area contributed by atoms with Crippen molar-refractivity contribution in [2.45, 2.75) is 0 Å². The quantitative estimate of drug-likeness (QED) is 0.625. The number of rotatable bonds is 2. The summed E-state index contributed by atoms with van der Waals surface area (Å²) in [5, 5.41) is 3.67. The van der Waals surface area contributed by atoms with E-state index in [9.17, 15) is 0 Å². The molecule has 0 aliphatic rings. The Hall–Kier alpha value is -0.700. The van der Waals surface area contributed by atoms with Gasteiger partial charge in [-0.15, -0.1) is 0 Å². The molecule has 49 valence electrons. The zero-order chi connectivity index (χ0) is 6.69. The van der Waals surface area contributed by atoms with Gasteiger partial charge in [0.2, 0.25) is 5.06 Å². The molecular formula is C6H7O2S. The summed E-state index contributed by atoms with van der Waals surface area (Å²) in [6.07, 6.45) is 0. The van der Waals surface area contributed by atoms with Crippen LogP contribution in [0.2, 0.25) is 0 Å². The van der Waals surface area contributed by atoms with E-state index in [1.807, 2.05) is 0 Å². The van der Waals surface area contributed by atoms with Crippen LogP contribution in [-0.2, 0) is 0 Å². The molecule has 0 saturated carbocycles. The lowest BCUT2D eigenvalue weighted by Gasteiger charge is -1.97. The lowest BCUT2D eigenvalue weighted by Crippen LogP contribution is -1.83. The van der Waals surface area contributed by atoms with E-state index in [0.717, 1.165) is 10.8 Å². The molecule has 9 heavy (non-hydrogen) atoms. The van der Waals surface area contributed by atoms with Gasteiger partial charge in [0.05, 0.1) is 19.6 Å². The second kappa shape index (κ2) is 2.73. The van der Waals surface area contributed by atoms with Gasteiger partial charge >= 0.3 is 0 Å². The maximum absolute atomic E-state index is 4.94. The first-order valence-electron chi connectivity index (χ1n) is 2.46. The van der Waals surface area contributed by atoms with Crippen molar-refractivity contribution in [3.63, 3.8) is 0 Å². The third-order valence-corrected chi connectivity index (χ3v) is 1.74. The van der Waals surface area contributed by atoms with Gasteiger partial charge in [0.1, 0.15) is 0 Å². The van der Waals surface area contributed by atoms with E-state index in [-0.39, 0.29) is 0 Å². The molecule has 0 bridgehead atoms. The summed E-state index contributed by atoms with van der Waals surface area (Å²) in [6.45, 7) is 0. The van der Waals surface area contributed by atoms with Crippen LogP contribution < -0.4 is 9.47 Å². The molecular weight excluding hydrogens is 136 g/mol. The summed E-state index contributed by atoms with van der Waals surface area (Å²) >= 11 is 1.40. The first-order chi connectivity index (χ1) is 4.38. The van der Waals surface area contributed by atoms with Crippen LogP contribution in [0.25, 0.3) is 0 Å². The van der Waals surface area contributed by atoms with Crippen molar-refractivity contribution in [1.29, 1.82) is 0 Å². The van der Waals surface area contributed by atoms with Gasteiger partial charge in [0.15, 0.2) is 5.75 Å². The van der Waals surface area contributed by atoms with Crippen molar-refractivity contribution >= 4 is 11.3 Å². The second-order valence-corrected chi connectivity index (χ2v) is 2.23. The highest BCUT2D eigenvalue weighted by Gasteiger charge is 2.01. The normalized spacial score (nSPS) is 9.11. The average Bonchev–Trinajstić information content (AvgIpc) is 2.33. The fourth-order valence-corrected chi connectivity index (χ4v) is 1.13. The number of hydrogen-bond acceptors (Lipinski definition) is 3. The summed E-state index contributed by atoms with van der Waals surface area (Å²) in [4.78, 5) is 0. The van der Waals surface area contributed by atoms with Crippen LogP contribution in [0.1, 0.15) is 0 Å². The van der Waals surface area contributed by atoms with E-state index in [2.05, 4.69) is 5.38 Å². The van der Waals surface area contributed by atoms with E-state index in [1.165, 1.54) is 11.3 Å². The van der Waals surface area contributed by atoms with Gasteiger partial charge in [-0.05, 0) is 0 Å². The van der Waals surface area contributed by atoms with Crippen LogP contribution in [0.4, 0.5) is 0 Å².